The van der Waals surface area contributed by atoms with Crippen molar-refractivity contribution in [1.29, 1.82) is 0 Å². The molecule has 1 unspecified atom stereocenters. The quantitative estimate of drug-likeness (QED) is 0.0691. The minimum Gasteiger partial charge on any atom is -0.495 e. The van der Waals surface area contributed by atoms with E-state index in [9.17, 15) is 38.7 Å². The number of thioether (sulfide) groups is 1. The summed E-state index contributed by atoms with van der Waals surface area (Å²) in [5.74, 6) is -1.64. The second-order valence-electron chi connectivity index (χ2n) is 17.2. The molecular formula is C45H62ClN5O13S3. The maximum absolute atomic E-state index is 14.3. The molecule has 0 saturated carbocycles. The normalized spacial score (nSPS) is 29.4. The zero-order valence-corrected chi connectivity index (χ0v) is 42.5. The summed E-state index contributed by atoms with van der Waals surface area (Å²) >= 11 is 8.12. The van der Waals surface area contributed by atoms with Gasteiger partial charge >= 0.3 is 12.1 Å². The number of alkyl carbamates (subject to hydrolysis) is 1. The predicted octanol–water partition coefficient (Wildman–Crippen LogP) is 4.28. The standard InChI is InChI=1S/C45H62ClN5O13S3/c1-25-11-10-12-33(61-8)45(59)24-31(62-43(58)48-45)26(2)40-44(4,64-40)34(23-37(54)50(6)29-20-28(19-25)21-30(60-7)39(29)46)63-42(57)27(3)49(5)36(53)14-17-66-67-18-15-47-35(52)13-16-51-38(55)22-32(65-9)41(51)56/h10-12,20-21,26-27,31-34,40,59H,13-19,22-24H2,1-9H3,(H,47,52)(H,48,58)/b12-10+,25-11+/t26-,27+,31+,32?,33-,34+,40+,44+,45+/m1/s1. The zero-order chi connectivity index (χ0) is 49.4. The number of methoxy groups -OCH3 is 2. The number of likely N-dealkylation sites (N-methyl/N-ethyl adjacent to an activating group) is 1. The highest BCUT2D eigenvalue weighted by Gasteiger charge is 2.64. The SMILES string of the molecule is COc1cc2cc(c1Cl)N(C)C(=O)C[C@H](OC(=O)[C@H](C)N(C)C(=O)CCSSCCNC(=O)CCN1C(=O)CC(SC)C1=O)[C@]1(C)O[C@H]1[C@H](C)[C@@H]1C[C@@](O)(NC(=O)O1)[C@H](OC)/C=C/C=C(\C)C2. The first-order valence-electron chi connectivity index (χ1n) is 21.9. The number of ether oxygens (including phenoxy) is 5. The lowest BCUT2D eigenvalue weighted by Gasteiger charge is -2.42. The van der Waals surface area contributed by atoms with Crippen molar-refractivity contribution in [2.24, 2.45) is 5.92 Å². The van der Waals surface area contributed by atoms with Crippen LogP contribution in [-0.4, -0.2) is 163 Å². The smallest absolute Gasteiger partial charge is 0.409 e. The van der Waals surface area contributed by atoms with Gasteiger partial charge in [-0.05, 0) is 51.1 Å². The summed E-state index contributed by atoms with van der Waals surface area (Å²) in [5, 5.41) is 16.9. The number of allylic oxidation sites excluding steroid dienone is 3. The van der Waals surface area contributed by atoms with Crippen LogP contribution in [0.1, 0.15) is 65.4 Å². The minimum atomic E-state index is -1.86. The van der Waals surface area contributed by atoms with Crippen molar-refractivity contribution in [3.8, 4) is 5.75 Å². The van der Waals surface area contributed by atoms with Crippen molar-refractivity contribution in [2.75, 3.05) is 64.1 Å². The van der Waals surface area contributed by atoms with Crippen LogP contribution in [0.5, 0.6) is 5.75 Å². The van der Waals surface area contributed by atoms with E-state index in [0.717, 1.165) is 16.0 Å². The van der Waals surface area contributed by atoms with E-state index < -0.39 is 70.9 Å². The van der Waals surface area contributed by atoms with E-state index in [0.29, 0.717) is 35.9 Å². The van der Waals surface area contributed by atoms with E-state index in [-0.39, 0.29) is 67.3 Å². The topological polar surface area (TPSA) is 223 Å². The van der Waals surface area contributed by atoms with Gasteiger partial charge in [-0.15, -0.1) is 0 Å². The molecule has 4 aliphatic rings. The lowest BCUT2D eigenvalue weighted by molar-refractivity contribution is -0.162. The highest BCUT2D eigenvalue weighted by Crippen LogP contribution is 2.49. The Morgan fingerprint density at radius 3 is 2.49 bits per heavy atom. The molecule has 5 rings (SSSR count). The number of carbonyl (C=O) groups excluding carboxylic acids is 7. The van der Waals surface area contributed by atoms with Crippen molar-refractivity contribution in [2.45, 2.75) is 113 Å². The number of rotatable bonds is 16. The van der Waals surface area contributed by atoms with Gasteiger partial charge in [0.2, 0.25) is 29.5 Å². The lowest BCUT2D eigenvalue weighted by atomic mass is 9.83. The van der Waals surface area contributed by atoms with Gasteiger partial charge < -0.3 is 43.9 Å². The number of aliphatic hydroxyl groups is 1. The molecule has 0 aromatic heterocycles. The molecule has 22 heteroatoms. The summed E-state index contributed by atoms with van der Waals surface area (Å²) in [7, 11) is 8.83. The number of nitrogens with one attached hydrogen (secondary N) is 2. The third kappa shape index (κ3) is 13.2. The van der Waals surface area contributed by atoms with Crippen LogP contribution in [-0.2, 0) is 54.1 Å². The van der Waals surface area contributed by atoms with E-state index in [1.54, 1.807) is 51.4 Å². The van der Waals surface area contributed by atoms with Crippen LogP contribution < -0.4 is 20.3 Å². The molecule has 3 fully saturated rings. The van der Waals surface area contributed by atoms with Crippen molar-refractivity contribution in [1.82, 2.24) is 20.4 Å². The number of amides is 6. The average molecular weight is 1010 g/mol. The molecule has 4 bridgehead atoms. The molecule has 0 spiro atoms. The van der Waals surface area contributed by atoms with Gasteiger partial charge in [-0.1, -0.05) is 63.9 Å². The minimum absolute atomic E-state index is 0.0172. The lowest BCUT2D eigenvalue weighted by Crippen LogP contribution is -2.63. The van der Waals surface area contributed by atoms with Gasteiger partial charge in [-0.3, -0.25) is 34.2 Å². The maximum atomic E-state index is 14.3. The molecule has 9 atom stereocenters. The fraction of sp³-hybridized carbons (Fsp3) is 0.622. The third-order valence-corrected chi connectivity index (χ3v) is 16.3. The number of anilines is 1. The molecular weight excluding hydrogens is 950 g/mol. The van der Waals surface area contributed by atoms with Crippen LogP contribution in [0.3, 0.4) is 0 Å². The number of fused-ring (bicyclic) bond motifs is 5. The Morgan fingerprint density at radius 1 is 1.10 bits per heavy atom. The van der Waals surface area contributed by atoms with Crippen LogP contribution in [0.2, 0.25) is 5.02 Å². The van der Waals surface area contributed by atoms with Gasteiger partial charge in [-0.25, -0.2) is 9.59 Å². The Morgan fingerprint density at radius 2 is 1.82 bits per heavy atom. The number of esters is 1. The molecule has 0 radical (unpaired) electrons. The first kappa shape index (κ1) is 54.0. The first-order valence-corrected chi connectivity index (χ1v) is 26.1. The second kappa shape index (κ2) is 23.5. The molecule has 4 heterocycles. The van der Waals surface area contributed by atoms with E-state index >= 15 is 0 Å². The Balaban J connectivity index is 1.24. The van der Waals surface area contributed by atoms with Crippen molar-refractivity contribution < 1.29 is 62.4 Å². The number of benzene rings is 1. The van der Waals surface area contributed by atoms with Gasteiger partial charge in [0, 0.05) is 77.4 Å². The van der Waals surface area contributed by atoms with Crippen LogP contribution in [0, 0.1) is 5.92 Å². The fourth-order valence-electron chi connectivity index (χ4n) is 8.25. The van der Waals surface area contributed by atoms with Gasteiger partial charge in [0.15, 0.2) is 5.72 Å². The third-order valence-electron chi connectivity index (χ3n) is 12.6. The number of epoxide rings is 1. The van der Waals surface area contributed by atoms with Crippen molar-refractivity contribution in [3.05, 3.63) is 46.5 Å². The molecule has 1 aromatic carbocycles. The van der Waals surface area contributed by atoms with Crippen LogP contribution in [0.4, 0.5) is 10.5 Å². The number of hydrogen-bond donors (Lipinski definition) is 3. The van der Waals surface area contributed by atoms with E-state index in [4.69, 9.17) is 35.3 Å². The summed E-state index contributed by atoms with van der Waals surface area (Å²) in [5.41, 5.74) is -1.08. The summed E-state index contributed by atoms with van der Waals surface area (Å²) < 4.78 is 29.4. The highest BCUT2D eigenvalue weighted by atomic mass is 35.5. The Bertz CT molecular complexity index is 2120. The predicted molar refractivity (Wildman–Crippen MR) is 257 cm³/mol. The van der Waals surface area contributed by atoms with Crippen LogP contribution >= 0.6 is 45.0 Å². The molecule has 1 aromatic rings. The molecule has 370 valence electrons. The largest absolute Gasteiger partial charge is 0.495 e. The van der Waals surface area contributed by atoms with Crippen molar-refractivity contribution >= 4 is 92.2 Å². The van der Waals surface area contributed by atoms with Crippen LogP contribution in [0.25, 0.3) is 0 Å². The number of hydrogen-bond acceptors (Lipinski definition) is 16. The van der Waals surface area contributed by atoms with Crippen molar-refractivity contribution in [3.63, 3.8) is 0 Å². The summed E-state index contributed by atoms with van der Waals surface area (Å²) in [6.45, 7) is 7.31. The first-order chi connectivity index (χ1) is 31.7. The summed E-state index contributed by atoms with van der Waals surface area (Å²) in [4.78, 5) is 95.0. The van der Waals surface area contributed by atoms with Gasteiger partial charge in [0.1, 0.15) is 40.7 Å². The van der Waals surface area contributed by atoms with E-state index in [2.05, 4.69) is 10.6 Å². The molecule has 0 aliphatic carbocycles. The Kier molecular flexibility index (Phi) is 19.0. The number of halogens is 1. The van der Waals surface area contributed by atoms with Gasteiger partial charge in [0.05, 0.1) is 30.6 Å². The fourth-order valence-corrected chi connectivity index (χ4v) is 11.1. The molecule has 18 nitrogen and oxygen atoms in total. The average Bonchev–Trinajstić information content (AvgIpc) is 3.91. The molecule has 3 N–H and O–H groups in total. The zero-order valence-electron chi connectivity index (χ0n) is 39.3. The molecule has 3 saturated heterocycles. The van der Waals surface area contributed by atoms with Gasteiger partial charge in [-0.2, -0.15) is 11.8 Å². The van der Waals surface area contributed by atoms with Crippen LogP contribution in [0.15, 0.2) is 35.9 Å². The summed E-state index contributed by atoms with van der Waals surface area (Å²) in [6, 6.07) is 2.49. The van der Waals surface area contributed by atoms with E-state index in [1.165, 1.54) is 71.3 Å². The Hall–Kier alpha value is -3.99. The number of carbonyl (C=O) groups is 7. The molecule has 67 heavy (non-hydrogen) atoms. The van der Waals surface area contributed by atoms with Gasteiger partial charge in [0.25, 0.3) is 0 Å². The monoisotopic (exact) mass is 1010 g/mol. The number of imide groups is 1. The second-order valence-corrected chi connectivity index (χ2v) is 21.3. The number of nitrogens with zero attached hydrogens (tertiary/aromatic N) is 3. The molecule has 4 aliphatic heterocycles. The number of likely N-dealkylation sites (tertiary alicyclic amines) is 1. The van der Waals surface area contributed by atoms with E-state index in [1.807, 2.05) is 13.0 Å². The maximum Gasteiger partial charge on any atom is 0.409 e. The Labute approximate surface area is 408 Å². The molecule has 6 amide bonds. The summed E-state index contributed by atoms with van der Waals surface area (Å²) in [6.07, 6.45) is 2.63. The highest BCUT2D eigenvalue weighted by molar-refractivity contribution is 8.76.